The summed E-state index contributed by atoms with van der Waals surface area (Å²) in [6, 6.07) is 8.50. The standard InChI is InChI=1S/C19H15F4NO4/c20-14-5-1-12(2-6-14)3-8-17(25)24-10-18(26,19(21,22)23)13-4-7-15-16(9-13)28-11-27-15/h1-9,26H,10-11H2,(H,24,25)/b8-3+. The number of carbonyl (C=O) groups is 1. The van der Waals surface area contributed by atoms with Gasteiger partial charge in [0, 0.05) is 6.08 Å². The summed E-state index contributed by atoms with van der Waals surface area (Å²) in [5.41, 5.74) is -3.33. The number of carbonyl (C=O) groups excluding carboxylic acids is 1. The molecule has 3 rings (SSSR count). The van der Waals surface area contributed by atoms with Gasteiger partial charge >= 0.3 is 6.18 Å². The van der Waals surface area contributed by atoms with E-state index < -0.39 is 35.6 Å². The van der Waals surface area contributed by atoms with Gasteiger partial charge in [0.25, 0.3) is 0 Å². The quantitative estimate of drug-likeness (QED) is 0.601. The summed E-state index contributed by atoms with van der Waals surface area (Å²) in [6.45, 7) is -1.24. The minimum absolute atomic E-state index is 0.0720. The summed E-state index contributed by atoms with van der Waals surface area (Å²) in [7, 11) is 0. The molecule has 2 N–H and O–H groups in total. The second-order valence-corrected chi connectivity index (χ2v) is 6.03. The Morgan fingerprint density at radius 2 is 1.79 bits per heavy atom. The van der Waals surface area contributed by atoms with E-state index in [1.165, 1.54) is 36.4 Å². The Morgan fingerprint density at radius 1 is 1.11 bits per heavy atom. The number of ether oxygens (including phenoxy) is 2. The van der Waals surface area contributed by atoms with E-state index in [2.05, 4.69) is 0 Å². The molecule has 1 atom stereocenters. The van der Waals surface area contributed by atoms with Crippen molar-refractivity contribution in [2.45, 2.75) is 11.8 Å². The van der Waals surface area contributed by atoms with Crippen LogP contribution in [0.1, 0.15) is 11.1 Å². The molecule has 1 unspecified atom stereocenters. The Hall–Kier alpha value is -3.07. The third-order valence-electron chi connectivity index (χ3n) is 4.13. The lowest BCUT2D eigenvalue weighted by atomic mass is 9.92. The van der Waals surface area contributed by atoms with Crippen molar-refractivity contribution < 1.29 is 36.9 Å². The number of rotatable bonds is 5. The maximum Gasteiger partial charge on any atom is 0.423 e. The minimum atomic E-state index is -5.06. The number of benzene rings is 2. The van der Waals surface area contributed by atoms with Crippen molar-refractivity contribution in [3.63, 3.8) is 0 Å². The molecule has 1 aliphatic heterocycles. The first-order chi connectivity index (χ1) is 13.2. The third kappa shape index (κ3) is 4.09. The maximum atomic E-state index is 13.6. The number of hydrogen-bond donors (Lipinski definition) is 2. The average Bonchev–Trinajstić information content (AvgIpc) is 3.12. The monoisotopic (exact) mass is 397 g/mol. The van der Waals surface area contributed by atoms with E-state index in [0.29, 0.717) is 5.56 Å². The van der Waals surface area contributed by atoms with Crippen molar-refractivity contribution >= 4 is 12.0 Å². The summed E-state index contributed by atoms with van der Waals surface area (Å²) in [6.07, 6.45) is -2.76. The lowest BCUT2D eigenvalue weighted by molar-refractivity contribution is -0.264. The minimum Gasteiger partial charge on any atom is -0.454 e. The van der Waals surface area contributed by atoms with Crippen LogP contribution < -0.4 is 14.8 Å². The smallest absolute Gasteiger partial charge is 0.423 e. The highest BCUT2D eigenvalue weighted by Crippen LogP contribution is 2.42. The van der Waals surface area contributed by atoms with Crippen LogP contribution in [-0.2, 0) is 10.4 Å². The van der Waals surface area contributed by atoms with Gasteiger partial charge in [-0.1, -0.05) is 18.2 Å². The molecule has 148 valence electrons. The summed E-state index contributed by atoms with van der Waals surface area (Å²) < 4.78 is 63.6. The molecule has 0 spiro atoms. The Morgan fingerprint density at radius 3 is 2.46 bits per heavy atom. The normalized spacial score (nSPS) is 15.5. The van der Waals surface area contributed by atoms with Crippen molar-refractivity contribution in [3.8, 4) is 11.5 Å². The largest absolute Gasteiger partial charge is 0.454 e. The number of alkyl halides is 3. The van der Waals surface area contributed by atoms with E-state index in [1.54, 1.807) is 0 Å². The highest BCUT2D eigenvalue weighted by Gasteiger charge is 2.55. The van der Waals surface area contributed by atoms with Gasteiger partial charge in [0.2, 0.25) is 18.3 Å². The molecule has 1 aliphatic rings. The molecule has 0 radical (unpaired) electrons. The van der Waals surface area contributed by atoms with Crippen LogP contribution >= 0.6 is 0 Å². The van der Waals surface area contributed by atoms with E-state index in [-0.39, 0.29) is 18.3 Å². The molecule has 5 nitrogen and oxygen atoms in total. The first-order valence-electron chi connectivity index (χ1n) is 8.10. The first kappa shape index (κ1) is 19.7. The number of fused-ring (bicyclic) bond motifs is 1. The molecular weight excluding hydrogens is 382 g/mol. The SMILES string of the molecule is O=C(/C=C/c1ccc(F)cc1)NCC(O)(c1ccc2c(c1)OCO2)C(F)(F)F. The van der Waals surface area contributed by atoms with Crippen LogP contribution in [0.25, 0.3) is 6.08 Å². The average molecular weight is 397 g/mol. The van der Waals surface area contributed by atoms with Crippen molar-refractivity contribution in [1.82, 2.24) is 5.32 Å². The van der Waals surface area contributed by atoms with Gasteiger partial charge in [0.05, 0.1) is 6.54 Å². The molecule has 1 heterocycles. The van der Waals surface area contributed by atoms with Crippen LogP contribution in [0.4, 0.5) is 17.6 Å². The Bertz CT molecular complexity index is 896. The van der Waals surface area contributed by atoms with Crippen LogP contribution in [0.2, 0.25) is 0 Å². The predicted octanol–water partition coefficient (Wildman–Crippen LogP) is 3.13. The van der Waals surface area contributed by atoms with Crippen LogP contribution in [0.5, 0.6) is 11.5 Å². The Balaban J connectivity index is 1.74. The molecule has 0 saturated carbocycles. The van der Waals surface area contributed by atoms with Crippen LogP contribution in [0.15, 0.2) is 48.5 Å². The molecule has 0 aliphatic carbocycles. The van der Waals surface area contributed by atoms with Crippen molar-refractivity contribution in [1.29, 1.82) is 0 Å². The molecule has 0 saturated heterocycles. The zero-order chi connectivity index (χ0) is 20.4. The highest BCUT2D eigenvalue weighted by molar-refractivity contribution is 5.91. The van der Waals surface area contributed by atoms with E-state index >= 15 is 0 Å². The van der Waals surface area contributed by atoms with Gasteiger partial charge in [0.15, 0.2) is 11.5 Å². The molecule has 28 heavy (non-hydrogen) atoms. The fourth-order valence-corrected chi connectivity index (χ4v) is 2.54. The summed E-state index contributed by atoms with van der Waals surface area (Å²) in [5, 5.41) is 12.3. The van der Waals surface area contributed by atoms with E-state index in [1.807, 2.05) is 5.32 Å². The second-order valence-electron chi connectivity index (χ2n) is 6.03. The summed E-state index contributed by atoms with van der Waals surface area (Å²) in [5.74, 6) is -0.976. The molecule has 2 aromatic rings. The van der Waals surface area contributed by atoms with Crippen molar-refractivity contribution in [2.75, 3.05) is 13.3 Å². The molecular formula is C19H15F4NO4. The lowest BCUT2D eigenvalue weighted by Crippen LogP contribution is -2.50. The zero-order valence-corrected chi connectivity index (χ0v) is 14.3. The topological polar surface area (TPSA) is 67.8 Å². The molecule has 0 fully saturated rings. The van der Waals surface area contributed by atoms with Gasteiger partial charge < -0.3 is 19.9 Å². The number of halogens is 4. The Kier molecular flexibility index (Phi) is 5.28. The van der Waals surface area contributed by atoms with Gasteiger partial charge in [0.1, 0.15) is 5.82 Å². The highest BCUT2D eigenvalue weighted by atomic mass is 19.4. The van der Waals surface area contributed by atoms with Crippen LogP contribution in [0, 0.1) is 5.82 Å². The van der Waals surface area contributed by atoms with Gasteiger partial charge in [-0.25, -0.2) is 4.39 Å². The molecule has 2 aromatic carbocycles. The zero-order valence-electron chi connectivity index (χ0n) is 14.3. The van der Waals surface area contributed by atoms with Crippen LogP contribution in [0.3, 0.4) is 0 Å². The predicted molar refractivity (Wildman–Crippen MR) is 91.0 cm³/mol. The van der Waals surface area contributed by atoms with Crippen molar-refractivity contribution in [3.05, 3.63) is 65.5 Å². The van der Waals surface area contributed by atoms with Gasteiger partial charge in [-0.05, 0) is 41.5 Å². The second kappa shape index (κ2) is 7.51. The van der Waals surface area contributed by atoms with Gasteiger partial charge in [-0.3, -0.25) is 4.79 Å². The number of aliphatic hydroxyl groups is 1. The summed E-state index contributed by atoms with van der Waals surface area (Å²) in [4.78, 5) is 11.9. The number of hydrogen-bond acceptors (Lipinski definition) is 4. The fourth-order valence-electron chi connectivity index (χ4n) is 2.54. The number of amides is 1. The van der Waals surface area contributed by atoms with Crippen LogP contribution in [-0.4, -0.2) is 30.5 Å². The first-order valence-corrected chi connectivity index (χ1v) is 8.10. The van der Waals surface area contributed by atoms with Gasteiger partial charge in [-0.2, -0.15) is 13.2 Å². The Labute approximate surface area is 157 Å². The van der Waals surface area contributed by atoms with E-state index in [4.69, 9.17) is 9.47 Å². The lowest BCUT2D eigenvalue weighted by Gasteiger charge is -2.31. The molecule has 9 heteroatoms. The molecule has 0 bridgehead atoms. The summed E-state index contributed by atoms with van der Waals surface area (Å²) >= 11 is 0. The van der Waals surface area contributed by atoms with Gasteiger partial charge in [-0.15, -0.1) is 0 Å². The fraction of sp³-hybridized carbons (Fsp3) is 0.211. The third-order valence-corrected chi connectivity index (χ3v) is 4.13. The van der Waals surface area contributed by atoms with Crippen molar-refractivity contribution in [2.24, 2.45) is 0 Å². The molecule has 0 aromatic heterocycles. The van der Waals surface area contributed by atoms with E-state index in [9.17, 15) is 27.5 Å². The molecule has 1 amide bonds. The number of nitrogens with one attached hydrogen (secondary N) is 1. The maximum absolute atomic E-state index is 13.6. The van der Waals surface area contributed by atoms with E-state index in [0.717, 1.165) is 18.2 Å².